The first kappa shape index (κ1) is 30.8. The van der Waals surface area contributed by atoms with Gasteiger partial charge in [-0.05, 0) is 47.7 Å². The fraction of sp³-hybridized carbons (Fsp3) is 0.115. The summed E-state index contributed by atoms with van der Waals surface area (Å²) in [4.78, 5) is 12.7. The van der Waals surface area contributed by atoms with Crippen LogP contribution >= 0.6 is 23.2 Å². The van der Waals surface area contributed by atoms with Gasteiger partial charge in [-0.25, -0.2) is 0 Å². The maximum Gasteiger partial charge on any atom is 1.00 e. The summed E-state index contributed by atoms with van der Waals surface area (Å²) in [5, 5.41) is 25.4. The Hall–Kier alpha value is -2.70. The Bertz CT molecular complexity index is 1710. The summed E-state index contributed by atoms with van der Waals surface area (Å²) in [5.74, 6) is -1.14. The van der Waals surface area contributed by atoms with Crippen LogP contribution in [0.3, 0.4) is 0 Å². The molecule has 0 saturated heterocycles. The van der Waals surface area contributed by atoms with Gasteiger partial charge >= 0.3 is 29.6 Å². The monoisotopic (exact) mass is 595 g/mol. The predicted molar refractivity (Wildman–Crippen MR) is 144 cm³/mol. The van der Waals surface area contributed by atoms with Crippen molar-refractivity contribution in [3.63, 3.8) is 0 Å². The van der Waals surface area contributed by atoms with Crippen LogP contribution in [0.25, 0.3) is 10.8 Å². The molecule has 0 aliphatic heterocycles. The maximum atomic E-state index is 13.5. The van der Waals surface area contributed by atoms with Gasteiger partial charge in [-0.15, -0.1) is 0 Å². The van der Waals surface area contributed by atoms with Crippen molar-refractivity contribution in [1.29, 1.82) is 0 Å². The van der Waals surface area contributed by atoms with E-state index in [1.807, 2.05) is 0 Å². The molecule has 0 radical (unpaired) electrons. The SMILES string of the molecule is CCc1cc(Cl)c(S(=O)(=O)O)cc1N=Nc1c([O-])c(C(=O)Nc2c(Cl)cccc2OC)cc2ccccc12.[Na+]. The minimum Gasteiger partial charge on any atom is -0.870 e. The van der Waals surface area contributed by atoms with Gasteiger partial charge in [0.25, 0.3) is 16.0 Å². The van der Waals surface area contributed by atoms with E-state index < -0.39 is 26.7 Å². The molecule has 1 amide bonds. The number of methoxy groups -OCH3 is 1. The molecule has 9 nitrogen and oxygen atoms in total. The summed E-state index contributed by atoms with van der Waals surface area (Å²) < 4.78 is 38.2. The van der Waals surface area contributed by atoms with E-state index in [9.17, 15) is 22.9 Å². The van der Waals surface area contributed by atoms with Crippen LogP contribution in [0.1, 0.15) is 22.8 Å². The second-order valence-corrected chi connectivity index (χ2v) is 10.2. The molecule has 196 valence electrons. The molecule has 4 aromatic rings. The van der Waals surface area contributed by atoms with E-state index in [1.54, 1.807) is 49.4 Å². The summed E-state index contributed by atoms with van der Waals surface area (Å²) in [5.41, 5.74) is 0.463. The molecular formula is C26H20Cl2N3NaO6S. The first-order chi connectivity index (χ1) is 18.0. The zero-order valence-corrected chi connectivity index (χ0v) is 25.4. The number of nitrogens with zero attached hydrogens (tertiary/aromatic N) is 2. The molecule has 39 heavy (non-hydrogen) atoms. The van der Waals surface area contributed by atoms with Gasteiger partial charge in [0.1, 0.15) is 16.3 Å². The van der Waals surface area contributed by atoms with Gasteiger partial charge in [0, 0.05) is 10.9 Å². The predicted octanol–water partition coefficient (Wildman–Crippen LogP) is 3.71. The third-order valence-corrected chi connectivity index (χ3v) is 7.34. The van der Waals surface area contributed by atoms with Crippen LogP contribution in [-0.4, -0.2) is 26.0 Å². The number of ether oxygens (including phenoxy) is 1. The summed E-state index contributed by atoms with van der Waals surface area (Å²) in [6.45, 7) is 1.79. The van der Waals surface area contributed by atoms with Crippen molar-refractivity contribution in [2.75, 3.05) is 12.4 Å². The second kappa shape index (κ2) is 12.6. The number of fused-ring (bicyclic) bond motifs is 1. The summed E-state index contributed by atoms with van der Waals surface area (Å²) in [6.07, 6.45) is 0.410. The Morgan fingerprint density at radius 2 is 1.77 bits per heavy atom. The van der Waals surface area contributed by atoms with Gasteiger partial charge in [-0.1, -0.05) is 66.2 Å². The summed E-state index contributed by atoms with van der Waals surface area (Å²) in [7, 11) is -3.21. The minimum absolute atomic E-state index is 0. The molecule has 0 spiro atoms. The van der Waals surface area contributed by atoms with Gasteiger partial charge in [-0.2, -0.15) is 18.6 Å². The van der Waals surface area contributed by atoms with Gasteiger partial charge in [0.15, 0.2) is 0 Å². The molecule has 0 atom stereocenters. The van der Waals surface area contributed by atoms with Crippen LogP contribution in [0, 0.1) is 0 Å². The number of carbonyl (C=O) groups excluding carboxylic acids is 1. The summed E-state index contributed by atoms with van der Waals surface area (Å²) >= 11 is 12.2. The molecule has 0 saturated carbocycles. The third kappa shape index (κ3) is 6.55. The Morgan fingerprint density at radius 3 is 2.44 bits per heavy atom. The van der Waals surface area contributed by atoms with E-state index in [1.165, 1.54) is 19.2 Å². The van der Waals surface area contributed by atoms with E-state index in [2.05, 4.69) is 15.5 Å². The molecule has 4 aromatic carbocycles. The molecule has 4 rings (SSSR count). The van der Waals surface area contributed by atoms with Gasteiger partial charge in [0.05, 0.1) is 28.5 Å². The number of carbonyl (C=O) groups is 1. The van der Waals surface area contributed by atoms with Crippen molar-refractivity contribution >= 4 is 67.1 Å². The molecule has 2 N–H and O–H groups in total. The average Bonchev–Trinajstić information content (AvgIpc) is 2.88. The largest absolute Gasteiger partial charge is 1.00 e. The van der Waals surface area contributed by atoms with Crippen molar-refractivity contribution in [3.05, 3.63) is 81.8 Å². The Balaban J connectivity index is 0.00000420. The van der Waals surface area contributed by atoms with Crippen molar-refractivity contribution in [2.24, 2.45) is 10.2 Å². The normalized spacial score (nSPS) is 11.4. The molecule has 13 heteroatoms. The first-order valence-corrected chi connectivity index (χ1v) is 13.3. The average molecular weight is 596 g/mol. The number of anilines is 1. The number of aryl methyl sites for hydroxylation is 1. The van der Waals surface area contributed by atoms with Gasteiger partial charge in [0.2, 0.25) is 0 Å². The Kier molecular flexibility index (Phi) is 10.0. The number of hydrogen-bond acceptors (Lipinski definition) is 7. The molecule has 0 fully saturated rings. The standard InChI is InChI=1S/C26H21Cl2N3O6S.Na/c1-3-14-12-19(28)22(38(34,35)36)13-20(14)30-31-23-16-8-5-4-7-15(16)11-17(25(23)32)26(33)29-24-18(27)9-6-10-21(24)37-2;/h4-13,32H,3H2,1-2H3,(H,29,33)(H,34,35,36);/q;+1/p-1. The van der Waals surface area contributed by atoms with Crippen LogP contribution < -0.4 is 44.7 Å². The molecule has 0 heterocycles. The van der Waals surface area contributed by atoms with Crippen LogP contribution in [0.15, 0.2) is 75.8 Å². The number of hydrogen-bond donors (Lipinski definition) is 2. The van der Waals surface area contributed by atoms with Crippen LogP contribution in [-0.2, 0) is 16.5 Å². The van der Waals surface area contributed by atoms with Gasteiger partial charge < -0.3 is 15.2 Å². The molecule has 0 bridgehead atoms. The van der Waals surface area contributed by atoms with Crippen LogP contribution in [0.2, 0.25) is 10.0 Å². The van der Waals surface area contributed by atoms with E-state index in [0.29, 0.717) is 28.5 Å². The van der Waals surface area contributed by atoms with Gasteiger partial charge in [-0.3, -0.25) is 9.35 Å². The maximum absolute atomic E-state index is 13.5. The van der Waals surface area contributed by atoms with E-state index >= 15 is 0 Å². The molecule has 0 aliphatic carbocycles. The minimum atomic E-state index is -4.63. The van der Waals surface area contributed by atoms with Crippen LogP contribution in [0.4, 0.5) is 17.1 Å². The van der Waals surface area contributed by atoms with Crippen molar-refractivity contribution < 1.29 is 57.2 Å². The number of amides is 1. The molecular weight excluding hydrogens is 576 g/mol. The smallest absolute Gasteiger partial charge is 0.870 e. The first-order valence-electron chi connectivity index (χ1n) is 11.1. The Labute approximate surface area is 256 Å². The van der Waals surface area contributed by atoms with Crippen molar-refractivity contribution in [3.8, 4) is 11.5 Å². The number of azo groups is 1. The fourth-order valence-corrected chi connectivity index (χ4v) is 5.07. The molecule has 0 unspecified atom stereocenters. The summed E-state index contributed by atoms with van der Waals surface area (Å²) in [6, 6.07) is 15.5. The number of para-hydroxylation sites is 1. The van der Waals surface area contributed by atoms with E-state index in [0.717, 1.165) is 6.07 Å². The molecule has 0 aliphatic rings. The number of halogens is 2. The van der Waals surface area contributed by atoms with E-state index in [-0.39, 0.29) is 62.2 Å². The number of nitrogens with one attached hydrogen (secondary N) is 1. The topological polar surface area (TPSA) is 140 Å². The Morgan fingerprint density at radius 1 is 1.05 bits per heavy atom. The van der Waals surface area contributed by atoms with Crippen molar-refractivity contribution in [2.45, 2.75) is 18.2 Å². The zero-order chi connectivity index (χ0) is 27.6. The second-order valence-electron chi connectivity index (χ2n) is 8.03. The quantitative estimate of drug-likeness (QED) is 0.189. The van der Waals surface area contributed by atoms with Crippen molar-refractivity contribution in [1.82, 2.24) is 0 Å². The molecule has 0 aromatic heterocycles. The zero-order valence-electron chi connectivity index (χ0n) is 21.0. The fourth-order valence-electron chi connectivity index (χ4n) is 3.82. The third-order valence-electron chi connectivity index (χ3n) is 5.70. The number of benzene rings is 4. The van der Waals surface area contributed by atoms with E-state index in [4.69, 9.17) is 27.9 Å². The van der Waals surface area contributed by atoms with Crippen LogP contribution in [0.5, 0.6) is 11.5 Å². The number of rotatable bonds is 7.